The van der Waals surface area contributed by atoms with Crippen LogP contribution in [0.1, 0.15) is 36.8 Å². The number of nitrogens with zero attached hydrogens (tertiary/aromatic N) is 1. The Bertz CT molecular complexity index is 833. The van der Waals surface area contributed by atoms with E-state index >= 15 is 0 Å². The number of ether oxygens (including phenoxy) is 1. The van der Waals surface area contributed by atoms with Gasteiger partial charge in [0, 0.05) is 12.5 Å². The molecule has 2 aromatic carbocycles. The first kappa shape index (κ1) is 17.6. The van der Waals surface area contributed by atoms with Crippen molar-refractivity contribution in [2.45, 2.75) is 31.7 Å². The molecule has 0 aromatic heterocycles. The van der Waals surface area contributed by atoms with Crippen LogP contribution in [0.4, 0.5) is 4.79 Å². The van der Waals surface area contributed by atoms with Crippen molar-refractivity contribution >= 4 is 12.1 Å². The van der Waals surface area contributed by atoms with Gasteiger partial charge in [-0.15, -0.1) is 0 Å². The molecular formula is C22H23NO4. The molecule has 0 unspecified atom stereocenters. The van der Waals surface area contributed by atoms with Gasteiger partial charge in [0.2, 0.25) is 0 Å². The first-order chi connectivity index (χ1) is 13.1. The van der Waals surface area contributed by atoms with Crippen LogP contribution in [0.25, 0.3) is 11.1 Å². The van der Waals surface area contributed by atoms with Crippen molar-refractivity contribution in [2.75, 3.05) is 13.2 Å². The lowest BCUT2D eigenvalue weighted by atomic mass is 9.98. The van der Waals surface area contributed by atoms with Crippen LogP contribution in [0.3, 0.4) is 0 Å². The van der Waals surface area contributed by atoms with Crippen LogP contribution in [0.5, 0.6) is 0 Å². The summed E-state index contributed by atoms with van der Waals surface area (Å²) in [5, 5.41) is 9.44. The van der Waals surface area contributed by atoms with Crippen LogP contribution in [0.2, 0.25) is 0 Å². The molecule has 5 nitrogen and oxygen atoms in total. The average Bonchev–Trinajstić information content (AvgIpc) is 3.26. The van der Waals surface area contributed by atoms with E-state index in [1.54, 1.807) is 0 Å². The molecule has 1 saturated heterocycles. The Morgan fingerprint density at radius 3 is 2.22 bits per heavy atom. The number of rotatable bonds is 4. The van der Waals surface area contributed by atoms with E-state index in [1.165, 1.54) is 16.0 Å². The van der Waals surface area contributed by atoms with E-state index in [9.17, 15) is 14.7 Å². The van der Waals surface area contributed by atoms with Crippen molar-refractivity contribution in [1.82, 2.24) is 4.90 Å². The molecule has 1 amide bonds. The third-order valence-electron chi connectivity index (χ3n) is 5.82. The van der Waals surface area contributed by atoms with Crippen LogP contribution >= 0.6 is 0 Å². The minimum absolute atomic E-state index is 0.0193. The van der Waals surface area contributed by atoms with Gasteiger partial charge in [0.05, 0.1) is 0 Å². The summed E-state index contributed by atoms with van der Waals surface area (Å²) in [5.74, 6) is -0.764. The van der Waals surface area contributed by atoms with Crippen LogP contribution in [0, 0.1) is 5.92 Å². The summed E-state index contributed by atoms with van der Waals surface area (Å²) in [6.07, 6.45) is 0.827. The summed E-state index contributed by atoms with van der Waals surface area (Å²) >= 11 is 0. The first-order valence-electron chi connectivity index (χ1n) is 9.44. The lowest BCUT2D eigenvalue weighted by Crippen LogP contribution is -2.41. The molecule has 2 atom stereocenters. The summed E-state index contributed by atoms with van der Waals surface area (Å²) < 4.78 is 5.62. The number of carboxylic acids is 1. The van der Waals surface area contributed by atoms with Crippen LogP contribution in [-0.2, 0) is 9.53 Å². The van der Waals surface area contributed by atoms with Gasteiger partial charge in [0.15, 0.2) is 0 Å². The summed E-state index contributed by atoms with van der Waals surface area (Å²) in [5.41, 5.74) is 4.64. The largest absolute Gasteiger partial charge is 0.480 e. The van der Waals surface area contributed by atoms with Gasteiger partial charge in [0.1, 0.15) is 12.6 Å². The summed E-state index contributed by atoms with van der Waals surface area (Å²) in [7, 11) is 0. The molecule has 0 bridgehead atoms. The molecule has 5 heteroatoms. The molecule has 1 aliphatic carbocycles. The number of fused-ring (bicyclic) bond motifs is 3. The number of aliphatic carboxylic acids is 1. The topological polar surface area (TPSA) is 66.8 Å². The number of carbonyl (C=O) groups is 2. The van der Waals surface area contributed by atoms with Crippen molar-refractivity contribution in [3.63, 3.8) is 0 Å². The van der Waals surface area contributed by atoms with Gasteiger partial charge in [-0.3, -0.25) is 4.90 Å². The fourth-order valence-electron chi connectivity index (χ4n) is 4.33. The molecule has 2 aromatic rings. The SMILES string of the molecule is CC[C@H]1C[C@@H](C(=O)O)N(C(=O)OCC2c3ccccc3-c3ccccc32)C1. The molecule has 140 valence electrons. The Morgan fingerprint density at radius 2 is 1.67 bits per heavy atom. The molecule has 1 aliphatic heterocycles. The second-order valence-electron chi connectivity index (χ2n) is 7.32. The third kappa shape index (κ3) is 3.07. The predicted molar refractivity (Wildman–Crippen MR) is 102 cm³/mol. The molecule has 0 spiro atoms. The summed E-state index contributed by atoms with van der Waals surface area (Å²) in [6, 6.07) is 15.5. The highest BCUT2D eigenvalue weighted by atomic mass is 16.6. The standard InChI is InChI=1S/C22H23NO4/c1-2-14-11-20(21(24)25)23(12-14)22(26)27-13-19-17-9-5-3-7-15(17)16-8-4-6-10-18(16)19/h3-10,14,19-20H,2,11-13H2,1H3,(H,24,25)/t14-,20-/m0/s1. The molecule has 2 aliphatic rings. The van der Waals surface area contributed by atoms with E-state index in [0.29, 0.717) is 13.0 Å². The van der Waals surface area contributed by atoms with Gasteiger partial charge in [-0.05, 0) is 34.6 Å². The lowest BCUT2D eigenvalue weighted by Gasteiger charge is -2.22. The Balaban J connectivity index is 1.52. The van der Waals surface area contributed by atoms with Crippen molar-refractivity contribution in [3.05, 3.63) is 59.7 Å². The Kier molecular flexibility index (Phi) is 4.60. The number of benzene rings is 2. The number of carboxylic acid groups (broad SMARTS) is 1. The highest BCUT2D eigenvalue weighted by molar-refractivity contribution is 5.81. The minimum Gasteiger partial charge on any atom is -0.480 e. The van der Waals surface area contributed by atoms with E-state index in [4.69, 9.17) is 4.74 Å². The maximum atomic E-state index is 12.6. The van der Waals surface area contributed by atoms with Crippen LogP contribution in [-0.4, -0.2) is 41.3 Å². The second-order valence-corrected chi connectivity index (χ2v) is 7.32. The van der Waals surface area contributed by atoms with E-state index in [-0.39, 0.29) is 18.4 Å². The van der Waals surface area contributed by atoms with E-state index < -0.39 is 18.1 Å². The number of hydrogen-bond donors (Lipinski definition) is 1. The van der Waals surface area contributed by atoms with E-state index in [0.717, 1.165) is 17.5 Å². The smallest absolute Gasteiger partial charge is 0.410 e. The molecule has 1 fully saturated rings. The van der Waals surface area contributed by atoms with Crippen LogP contribution in [0.15, 0.2) is 48.5 Å². The van der Waals surface area contributed by atoms with Crippen molar-refractivity contribution < 1.29 is 19.4 Å². The molecule has 0 radical (unpaired) electrons. The lowest BCUT2D eigenvalue weighted by molar-refractivity contribution is -0.141. The monoisotopic (exact) mass is 365 g/mol. The highest BCUT2D eigenvalue weighted by Gasteiger charge is 2.40. The number of hydrogen-bond acceptors (Lipinski definition) is 3. The quantitative estimate of drug-likeness (QED) is 0.885. The number of likely N-dealkylation sites (tertiary alicyclic amines) is 1. The summed E-state index contributed by atoms with van der Waals surface area (Å²) in [4.78, 5) is 25.5. The average molecular weight is 365 g/mol. The molecule has 1 N–H and O–H groups in total. The second kappa shape index (κ2) is 7.06. The van der Waals surface area contributed by atoms with Crippen LogP contribution < -0.4 is 0 Å². The predicted octanol–water partition coefficient (Wildman–Crippen LogP) is 4.12. The number of amides is 1. The zero-order valence-electron chi connectivity index (χ0n) is 15.3. The zero-order valence-corrected chi connectivity index (χ0v) is 15.3. The maximum Gasteiger partial charge on any atom is 0.410 e. The normalized spacial score (nSPS) is 21.0. The fraction of sp³-hybridized carbons (Fsp3) is 0.364. The van der Waals surface area contributed by atoms with Gasteiger partial charge in [-0.1, -0.05) is 61.9 Å². The first-order valence-corrected chi connectivity index (χ1v) is 9.44. The molecule has 27 heavy (non-hydrogen) atoms. The van der Waals surface area contributed by atoms with Crippen molar-refractivity contribution in [2.24, 2.45) is 5.92 Å². The van der Waals surface area contributed by atoms with E-state index in [2.05, 4.69) is 24.3 Å². The Morgan fingerprint density at radius 1 is 1.07 bits per heavy atom. The molecule has 1 heterocycles. The highest BCUT2D eigenvalue weighted by Crippen LogP contribution is 2.44. The van der Waals surface area contributed by atoms with Gasteiger partial charge < -0.3 is 9.84 Å². The zero-order chi connectivity index (χ0) is 19.0. The Labute approximate surface area is 158 Å². The molecule has 4 rings (SSSR count). The van der Waals surface area contributed by atoms with Gasteiger partial charge >= 0.3 is 12.1 Å². The fourth-order valence-corrected chi connectivity index (χ4v) is 4.33. The maximum absolute atomic E-state index is 12.6. The molecule has 0 saturated carbocycles. The third-order valence-corrected chi connectivity index (χ3v) is 5.82. The number of carbonyl (C=O) groups excluding carboxylic acids is 1. The summed E-state index contributed by atoms with van der Waals surface area (Å²) in [6.45, 7) is 2.68. The Hall–Kier alpha value is -2.82. The molecular weight excluding hydrogens is 342 g/mol. The van der Waals surface area contributed by atoms with E-state index in [1.807, 2.05) is 31.2 Å². The van der Waals surface area contributed by atoms with Crippen molar-refractivity contribution in [3.8, 4) is 11.1 Å². The minimum atomic E-state index is -0.959. The van der Waals surface area contributed by atoms with Crippen molar-refractivity contribution in [1.29, 1.82) is 0 Å². The van der Waals surface area contributed by atoms with Gasteiger partial charge in [-0.2, -0.15) is 0 Å². The van der Waals surface area contributed by atoms with Gasteiger partial charge in [0.25, 0.3) is 0 Å². The van der Waals surface area contributed by atoms with Gasteiger partial charge in [-0.25, -0.2) is 9.59 Å².